The fourth-order valence-corrected chi connectivity index (χ4v) is 2.66. The third-order valence-electron chi connectivity index (χ3n) is 3.73. The standard InChI is InChI=1S/C15H19NO2/c17-10-12-1-3-14(8-12)16-9-11-2-4-15-13(7-11)5-6-18-15/h1-4,7,12,14,16-17H,5-6,8-10H2/t12-,14+/m0/s1. The van der Waals surface area contributed by atoms with Gasteiger partial charge in [-0.25, -0.2) is 0 Å². The van der Waals surface area contributed by atoms with E-state index in [2.05, 4.69) is 35.7 Å². The molecule has 1 aliphatic heterocycles. The predicted molar refractivity (Wildman–Crippen MR) is 70.6 cm³/mol. The van der Waals surface area contributed by atoms with Crippen molar-refractivity contribution in [3.8, 4) is 5.75 Å². The quantitative estimate of drug-likeness (QED) is 0.793. The molecule has 1 heterocycles. The Bertz CT molecular complexity index is 456. The van der Waals surface area contributed by atoms with Crippen LogP contribution in [0.25, 0.3) is 0 Å². The first-order valence-corrected chi connectivity index (χ1v) is 6.62. The SMILES string of the molecule is OC[C@H]1C=C[C@@H](NCc2ccc3c(c2)CCO3)C1. The minimum absolute atomic E-state index is 0.255. The molecular formula is C15H19NO2. The van der Waals surface area contributed by atoms with Crippen LogP contribution in [0.2, 0.25) is 0 Å². The van der Waals surface area contributed by atoms with Gasteiger partial charge in [0, 0.05) is 31.5 Å². The summed E-state index contributed by atoms with van der Waals surface area (Å²) in [4.78, 5) is 0. The molecule has 3 nitrogen and oxygen atoms in total. The molecule has 2 atom stereocenters. The molecule has 0 bridgehead atoms. The van der Waals surface area contributed by atoms with Crippen LogP contribution in [0.15, 0.2) is 30.4 Å². The van der Waals surface area contributed by atoms with Crippen LogP contribution in [0, 0.1) is 5.92 Å². The van der Waals surface area contributed by atoms with E-state index in [4.69, 9.17) is 9.84 Å². The molecule has 0 radical (unpaired) electrons. The number of benzene rings is 1. The molecular weight excluding hydrogens is 226 g/mol. The Hall–Kier alpha value is -1.32. The number of hydrogen-bond acceptors (Lipinski definition) is 3. The fourth-order valence-electron chi connectivity index (χ4n) is 2.66. The zero-order valence-electron chi connectivity index (χ0n) is 10.4. The molecule has 2 N–H and O–H groups in total. The first kappa shape index (κ1) is 11.8. The van der Waals surface area contributed by atoms with E-state index in [-0.39, 0.29) is 6.61 Å². The van der Waals surface area contributed by atoms with Crippen molar-refractivity contribution in [2.45, 2.75) is 25.4 Å². The average molecular weight is 245 g/mol. The summed E-state index contributed by atoms with van der Waals surface area (Å²) in [7, 11) is 0. The van der Waals surface area contributed by atoms with E-state index in [0.717, 1.165) is 31.7 Å². The highest BCUT2D eigenvalue weighted by molar-refractivity contribution is 5.39. The van der Waals surface area contributed by atoms with E-state index in [1.807, 2.05) is 0 Å². The van der Waals surface area contributed by atoms with Crippen LogP contribution < -0.4 is 10.1 Å². The third-order valence-corrected chi connectivity index (χ3v) is 3.73. The molecule has 0 amide bonds. The lowest BCUT2D eigenvalue weighted by atomic mass is 10.1. The van der Waals surface area contributed by atoms with Crippen molar-refractivity contribution < 1.29 is 9.84 Å². The monoisotopic (exact) mass is 245 g/mol. The maximum Gasteiger partial charge on any atom is 0.122 e. The molecule has 3 rings (SSSR count). The number of aliphatic hydroxyl groups excluding tert-OH is 1. The summed E-state index contributed by atoms with van der Waals surface area (Å²) in [5.74, 6) is 1.37. The fraction of sp³-hybridized carbons (Fsp3) is 0.467. The Kier molecular flexibility index (Phi) is 3.35. The average Bonchev–Trinajstić information content (AvgIpc) is 3.04. The number of fused-ring (bicyclic) bond motifs is 1. The second kappa shape index (κ2) is 5.12. The van der Waals surface area contributed by atoms with Crippen molar-refractivity contribution in [3.63, 3.8) is 0 Å². The normalized spacial score (nSPS) is 25.2. The summed E-state index contributed by atoms with van der Waals surface area (Å²) in [6.07, 6.45) is 6.30. The zero-order valence-corrected chi connectivity index (χ0v) is 10.4. The smallest absolute Gasteiger partial charge is 0.122 e. The van der Waals surface area contributed by atoms with Gasteiger partial charge in [-0.3, -0.25) is 0 Å². The number of aliphatic hydroxyl groups is 1. The van der Waals surface area contributed by atoms with E-state index in [1.54, 1.807) is 0 Å². The van der Waals surface area contributed by atoms with Crippen molar-refractivity contribution in [1.82, 2.24) is 5.32 Å². The molecule has 0 saturated heterocycles. The Labute approximate surface area is 107 Å². The summed E-state index contributed by atoms with van der Waals surface area (Å²) in [5.41, 5.74) is 2.63. The number of ether oxygens (including phenoxy) is 1. The predicted octanol–water partition coefficient (Wildman–Crippen LogP) is 1.65. The Morgan fingerprint density at radius 2 is 2.28 bits per heavy atom. The first-order chi connectivity index (χ1) is 8.85. The number of rotatable bonds is 4. The molecule has 3 heteroatoms. The molecule has 96 valence electrons. The van der Waals surface area contributed by atoms with Crippen LogP contribution in [0.5, 0.6) is 5.75 Å². The number of nitrogens with one attached hydrogen (secondary N) is 1. The van der Waals surface area contributed by atoms with Gasteiger partial charge in [-0.15, -0.1) is 0 Å². The Morgan fingerprint density at radius 1 is 1.33 bits per heavy atom. The van der Waals surface area contributed by atoms with Crippen LogP contribution in [0.3, 0.4) is 0 Å². The van der Waals surface area contributed by atoms with Crippen LogP contribution in [0.1, 0.15) is 17.5 Å². The molecule has 0 spiro atoms. The van der Waals surface area contributed by atoms with Gasteiger partial charge in [0.25, 0.3) is 0 Å². The van der Waals surface area contributed by atoms with Crippen LogP contribution in [-0.2, 0) is 13.0 Å². The van der Waals surface area contributed by atoms with Gasteiger partial charge < -0.3 is 15.2 Å². The van der Waals surface area contributed by atoms with Crippen molar-refractivity contribution >= 4 is 0 Å². The lowest BCUT2D eigenvalue weighted by molar-refractivity contribution is 0.246. The lowest BCUT2D eigenvalue weighted by Gasteiger charge is -2.13. The van der Waals surface area contributed by atoms with E-state index in [0.29, 0.717) is 12.0 Å². The summed E-state index contributed by atoms with van der Waals surface area (Å²) in [6, 6.07) is 6.82. The molecule has 1 aromatic rings. The zero-order chi connectivity index (χ0) is 12.4. The molecule has 1 aromatic carbocycles. The van der Waals surface area contributed by atoms with Crippen molar-refractivity contribution in [3.05, 3.63) is 41.5 Å². The van der Waals surface area contributed by atoms with Gasteiger partial charge >= 0.3 is 0 Å². The highest BCUT2D eigenvalue weighted by Crippen LogP contribution is 2.26. The summed E-state index contributed by atoms with van der Waals surface area (Å²) in [6.45, 7) is 1.95. The van der Waals surface area contributed by atoms with Crippen LogP contribution in [0.4, 0.5) is 0 Å². The van der Waals surface area contributed by atoms with Crippen molar-refractivity contribution in [1.29, 1.82) is 0 Å². The largest absolute Gasteiger partial charge is 0.493 e. The maximum atomic E-state index is 9.08. The second-order valence-corrected chi connectivity index (χ2v) is 5.09. The highest BCUT2D eigenvalue weighted by Gasteiger charge is 2.18. The van der Waals surface area contributed by atoms with Crippen molar-refractivity contribution in [2.75, 3.05) is 13.2 Å². The third kappa shape index (κ3) is 2.42. The Balaban J connectivity index is 1.56. The van der Waals surface area contributed by atoms with E-state index < -0.39 is 0 Å². The van der Waals surface area contributed by atoms with Crippen LogP contribution in [-0.4, -0.2) is 24.4 Å². The minimum atomic E-state index is 0.255. The van der Waals surface area contributed by atoms with Gasteiger partial charge in [0.15, 0.2) is 0 Å². The summed E-state index contributed by atoms with van der Waals surface area (Å²) < 4.78 is 5.50. The maximum absolute atomic E-state index is 9.08. The first-order valence-electron chi connectivity index (χ1n) is 6.62. The Morgan fingerprint density at radius 3 is 3.11 bits per heavy atom. The molecule has 2 aliphatic rings. The van der Waals surface area contributed by atoms with Crippen molar-refractivity contribution in [2.24, 2.45) is 5.92 Å². The van der Waals surface area contributed by atoms with E-state index >= 15 is 0 Å². The van der Waals surface area contributed by atoms with Gasteiger partial charge in [-0.2, -0.15) is 0 Å². The van der Waals surface area contributed by atoms with Crippen LogP contribution >= 0.6 is 0 Å². The molecule has 0 unspecified atom stereocenters. The number of hydrogen-bond donors (Lipinski definition) is 2. The second-order valence-electron chi connectivity index (χ2n) is 5.09. The van der Waals surface area contributed by atoms with Gasteiger partial charge in [0.2, 0.25) is 0 Å². The van der Waals surface area contributed by atoms with Gasteiger partial charge in [0.1, 0.15) is 5.75 Å². The minimum Gasteiger partial charge on any atom is -0.493 e. The lowest BCUT2D eigenvalue weighted by Crippen LogP contribution is -2.26. The molecule has 18 heavy (non-hydrogen) atoms. The molecule has 1 aliphatic carbocycles. The molecule has 0 aromatic heterocycles. The highest BCUT2D eigenvalue weighted by atomic mass is 16.5. The van der Waals surface area contributed by atoms with Gasteiger partial charge in [0.05, 0.1) is 6.61 Å². The summed E-state index contributed by atoms with van der Waals surface area (Å²) in [5, 5.41) is 12.6. The van der Waals surface area contributed by atoms with Gasteiger partial charge in [-0.1, -0.05) is 24.3 Å². The molecule has 0 saturated carbocycles. The summed E-state index contributed by atoms with van der Waals surface area (Å²) >= 11 is 0. The van der Waals surface area contributed by atoms with E-state index in [9.17, 15) is 0 Å². The van der Waals surface area contributed by atoms with Gasteiger partial charge in [-0.05, 0) is 23.6 Å². The topological polar surface area (TPSA) is 41.5 Å². The molecule has 0 fully saturated rings. The van der Waals surface area contributed by atoms with E-state index in [1.165, 1.54) is 11.1 Å².